The standard InChI is InChI=1S/C23H31N5O3S/c1-23(2,3)20(22(31)24-15-8-9-15)25-21(30)19-16-6-4-5-7-17(16)28(26-19)14-18(29)27-10-12-32-13-11-27/h4-7,15,20H,8-14H2,1-3H3,(H,24,31)(H,25,30)/t20-/m1/s1. The fraction of sp³-hybridized carbons (Fsp3) is 0.565. The van der Waals surface area contributed by atoms with Crippen LogP contribution in [0.25, 0.3) is 10.9 Å². The maximum Gasteiger partial charge on any atom is 0.273 e. The Morgan fingerprint density at radius 1 is 1.16 bits per heavy atom. The summed E-state index contributed by atoms with van der Waals surface area (Å²) < 4.78 is 1.60. The molecule has 1 saturated carbocycles. The van der Waals surface area contributed by atoms with Gasteiger partial charge in [-0.1, -0.05) is 39.0 Å². The zero-order chi connectivity index (χ0) is 22.9. The lowest BCUT2D eigenvalue weighted by Crippen LogP contribution is -2.54. The summed E-state index contributed by atoms with van der Waals surface area (Å²) in [4.78, 5) is 40.7. The second-order valence-corrected chi connectivity index (χ2v) is 10.8. The van der Waals surface area contributed by atoms with Crippen LogP contribution in [0.15, 0.2) is 24.3 Å². The molecule has 2 fully saturated rings. The smallest absolute Gasteiger partial charge is 0.273 e. The number of benzene rings is 1. The van der Waals surface area contributed by atoms with E-state index in [2.05, 4.69) is 15.7 Å². The molecular formula is C23H31N5O3S. The maximum atomic E-state index is 13.3. The van der Waals surface area contributed by atoms with Crippen LogP contribution in [0.5, 0.6) is 0 Å². The molecule has 1 aromatic carbocycles. The molecule has 8 nitrogen and oxygen atoms in total. The summed E-state index contributed by atoms with van der Waals surface area (Å²) in [7, 11) is 0. The van der Waals surface area contributed by atoms with Crippen LogP contribution in [0.3, 0.4) is 0 Å². The topological polar surface area (TPSA) is 96.3 Å². The van der Waals surface area contributed by atoms with E-state index < -0.39 is 17.4 Å². The number of thioether (sulfide) groups is 1. The molecule has 0 spiro atoms. The minimum atomic E-state index is -0.688. The van der Waals surface area contributed by atoms with Crippen LogP contribution in [0.2, 0.25) is 0 Å². The first-order chi connectivity index (χ1) is 15.2. The lowest BCUT2D eigenvalue weighted by atomic mass is 9.86. The SMILES string of the molecule is CC(C)(C)[C@H](NC(=O)c1nn(CC(=O)N2CCSCC2)c2ccccc12)C(=O)NC1CC1. The Hall–Kier alpha value is -2.55. The van der Waals surface area contributed by atoms with Gasteiger partial charge in [-0.25, -0.2) is 0 Å². The van der Waals surface area contributed by atoms with Gasteiger partial charge in [0.15, 0.2) is 5.69 Å². The summed E-state index contributed by atoms with van der Waals surface area (Å²) in [5.74, 6) is 1.30. The van der Waals surface area contributed by atoms with Crippen molar-refractivity contribution in [3.8, 4) is 0 Å². The van der Waals surface area contributed by atoms with E-state index in [1.54, 1.807) is 4.68 Å². The molecule has 4 rings (SSSR count). The van der Waals surface area contributed by atoms with E-state index in [-0.39, 0.29) is 30.1 Å². The molecule has 9 heteroatoms. The minimum Gasteiger partial charge on any atom is -0.352 e. The zero-order valence-corrected chi connectivity index (χ0v) is 19.7. The lowest BCUT2D eigenvalue weighted by molar-refractivity contribution is -0.131. The molecule has 0 bridgehead atoms. The molecule has 1 saturated heterocycles. The highest BCUT2D eigenvalue weighted by Crippen LogP contribution is 2.25. The van der Waals surface area contributed by atoms with Crippen LogP contribution in [0, 0.1) is 5.41 Å². The number of carbonyl (C=O) groups excluding carboxylic acids is 3. The van der Waals surface area contributed by atoms with Crippen molar-refractivity contribution in [2.45, 2.75) is 52.2 Å². The average molecular weight is 458 g/mol. The van der Waals surface area contributed by atoms with Crippen molar-refractivity contribution < 1.29 is 14.4 Å². The predicted octanol–water partition coefficient (Wildman–Crippen LogP) is 2.03. The number of amides is 3. The molecule has 2 N–H and O–H groups in total. The molecule has 1 aliphatic carbocycles. The van der Waals surface area contributed by atoms with Crippen molar-refractivity contribution in [2.75, 3.05) is 24.6 Å². The number of fused-ring (bicyclic) bond motifs is 1. The van der Waals surface area contributed by atoms with Gasteiger partial charge in [-0.3, -0.25) is 19.1 Å². The molecule has 0 unspecified atom stereocenters. The van der Waals surface area contributed by atoms with E-state index in [4.69, 9.17) is 0 Å². The highest BCUT2D eigenvalue weighted by Gasteiger charge is 2.36. The normalized spacial score (nSPS) is 17.8. The largest absolute Gasteiger partial charge is 0.352 e. The van der Waals surface area contributed by atoms with Gasteiger partial charge in [0.05, 0.1) is 5.52 Å². The Morgan fingerprint density at radius 2 is 1.84 bits per heavy atom. The van der Waals surface area contributed by atoms with E-state index in [9.17, 15) is 14.4 Å². The van der Waals surface area contributed by atoms with E-state index in [0.29, 0.717) is 5.39 Å². The molecule has 1 atom stereocenters. The van der Waals surface area contributed by atoms with Crippen LogP contribution in [0.4, 0.5) is 0 Å². The van der Waals surface area contributed by atoms with Crippen molar-refractivity contribution in [1.29, 1.82) is 0 Å². The quantitative estimate of drug-likeness (QED) is 0.692. The first-order valence-electron chi connectivity index (χ1n) is 11.2. The maximum absolute atomic E-state index is 13.3. The highest BCUT2D eigenvalue weighted by molar-refractivity contribution is 7.99. The van der Waals surface area contributed by atoms with Gasteiger partial charge in [0, 0.05) is 36.0 Å². The Morgan fingerprint density at radius 3 is 2.50 bits per heavy atom. The third kappa shape index (κ3) is 5.09. The number of hydrogen-bond acceptors (Lipinski definition) is 5. The van der Waals surface area contributed by atoms with E-state index >= 15 is 0 Å². The summed E-state index contributed by atoms with van der Waals surface area (Å²) in [5.41, 5.74) is 0.498. The second kappa shape index (κ2) is 9.13. The monoisotopic (exact) mass is 457 g/mol. The second-order valence-electron chi connectivity index (χ2n) is 9.57. The third-order valence-corrected chi connectivity index (χ3v) is 6.79. The highest BCUT2D eigenvalue weighted by atomic mass is 32.2. The fourth-order valence-electron chi connectivity index (χ4n) is 3.84. The first kappa shape index (κ1) is 22.6. The summed E-state index contributed by atoms with van der Waals surface area (Å²) >= 11 is 1.85. The van der Waals surface area contributed by atoms with Crippen molar-refractivity contribution in [3.05, 3.63) is 30.0 Å². The van der Waals surface area contributed by atoms with Crippen molar-refractivity contribution in [3.63, 3.8) is 0 Å². The van der Waals surface area contributed by atoms with Gasteiger partial charge in [0.2, 0.25) is 11.8 Å². The van der Waals surface area contributed by atoms with Gasteiger partial charge in [-0.05, 0) is 24.3 Å². The Bertz CT molecular complexity index is 1020. The predicted molar refractivity (Wildman–Crippen MR) is 126 cm³/mol. The lowest BCUT2D eigenvalue weighted by Gasteiger charge is -2.30. The van der Waals surface area contributed by atoms with Crippen molar-refractivity contribution in [1.82, 2.24) is 25.3 Å². The van der Waals surface area contributed by atoms with Crippen LogP contribution < -0.4 is 10.6 Å². The number of nitrogens with one attached hydrogen (secondary N) is 2. The third-order valence-electron chi connectivity index (χ3n) is 5.85. The summed E-state index contributed by atoms with van der Waals surface area (Å²) in [6.45, 7) is 7.34. The number of nitrogens with zero attached hydrogens (tertiary/aromatic N) is 3. The molecule has 32 heavy (non-hydrogen) atoms. The molecule has 0 radical (unpaired) electrons. The van der Waals surface area contributed by atoms with Crippen LogP contribution in [-0.2, 0) is 16.1 Å². The molecule has 2 aliphatic rings. The number of aromatic nitrogens is 2. The van der Waals surface area contributed by atoms with Gasteiger partial charge in [0.25, 0.3) is 5.91 Å². The summed E-state index contributed by atoms with van der Waals surface area (Å²) in [6.07, 6.45) is 1.96. The molecular weight excluding hydrogens is 426 g/mol. The van der Waals surface area contributed by atoms with Gasteiger partial charge >= 0.3 is 0 Å². The summed E-state index contributed by atoms with van der Waals surface area (Å²) in [6, 6.07) is 6.92. The molecule has 172 valence electrons. The first-order valence-corrected chi connectivity index (χ1v) is 12.3. The number of hydrogen-bond donors (Lipinski definition) is 2. The van der Waals surface area contributed by atoms with Crippen LogP contribution in [-0.4, -0.2) is 69.1 Å². The van der Waals surface area contributed by atoms with Crippen molar-refractivity contribution >= 4 is 40.4 Å². The molecule has 1 aliphatic heterocycles. The van der Waals surface area contributed by atoms with Crippen LogP contribution >= 0.6 is 11.8 Å². The minimum absolute atomic E-state index is 0.00175. The van der Waals surface area contributed by atoms with E-state index in [0.717, 1.165) is 43.0 Å². The van der Waals surface area contributed by atoms with Gasteiger partial charge < -0.3 is 15.5 Å². The fourth-order valence-corrected chi connectivity index (χ4v) is 4.75. The number of rotatable bonds is 6. The number of carbonyl (C=O) groups is 3. The number of para-hydroxylation sites is 1. The van der Waals surface area contributed by atoms with Crippen molar-refractivity contribution in [2.24, 2.45) is 5.41 Å². The Balaban J connectivity index is 1.56. The van der Waals surface area contributed by atoms with Crippen LogP contribution in [0.1, 0.15) is 44.1 Å². The zero-order valence-electron chi connectivity index (χ0n) is 18.9. The molecule has 2 heterocycles. The van der Waals surface area contributed by atoms with Gasteiger partial charge in [0.1, 0.15) is 12.6 Å². The van der Waals surface area contributed by atoms with E-state index in [1.807, 2.05) is 61.7 Å². The van der Waals surface area contributed by atoms with Gasteiger partial charge in [-0.2, -0.15) is 16.9 Å². The van der Waals surface area contributed by atoms with E-state index in [1.165, 1.54) is 0 Å². The van der Waals surface area contributed by atoms with Gasteiger partial charge in [-0.15, -0.1) is 0 Å². The molecule has 1 aromatic heterocycles. The molecule has 2 aromatic rings. The Labute approximate surface area is 192 Å². The average Bonchev–Trinajstić information content (AvgIpc) is 3.51. The molecule has 3 amide bonds. The summed E-state index contributed by atoms with van der Waals surface area (Å²) in [5, 5.41) is 11.1. The Kier molecular flexibility index (Phi) is 6.46.